The van der Waals surface area contributed by atoms with Crippen LogP contribution in [0.5, 0.6) is 0 Å². The fourth-order valence-corrected chi connectivity index (χ4v) is 2.12. The third-order valence-electron chi connectivity index (χ3n) is 2.95. The average molecular weight is 298 g/mol. The van der Waals surface area contributed by atoms with Crippen LogP contribution >= 0.6 is 11.8 Å². The SMILES string of the molecule is CC(CO)C(C)NC(=O)CSc1ccc([N+](=O)[O-])cc1. The molecule has 0 saturated carbocycles. The molecular weight excluding hydrogens is 280 g/mol. The summed E-state index contributed by atoms with van der Waals surface area (Å²) in [6.07, 6.45) is 0. The topological polar surface area (TPSA) is 92.5 Å². The van der Waals surface area contributed by atoms with Crippen molar-refractivity contribution < 1.29 is 14.8 Å². The van der Waals surface area contributed by atoms with Gasteiger partial charge in [-0.2, -0.15) is 0 Å². The van der Waals surface area contributed by atoms with E-state index in [0.29, 0.717) is 0 Å². The van der Waals surface area contributed by atoms with Crippen molar-refractivity contribution in [1.29, 1.82) is 0 Å². The number of thioether (sulfide) groups is 1. The van der Waals surface area contributed by atoms with Crippen LogP contribution in [0.2, 0.25) is 0 Å². The van der Waals surface area contributed by atoms with Gasteiger partial charge in [0.15, 0.2) is 0 Å². The van der Waals surface area contributed by atoms with E-state index >= 15 is 0 Å². The number of aliphatic hydroxyl groups excluding tert-OH is 1. The van der Waals surface area contributed by atoms with Gasteiger partial charge in [-0.1, -0.05) is 6.92 Å². The zero-order valence-electron chi connectivity index (χ0n) is 11.4. The highest BCUT2D eigenvalue weighted by Gasteiger charge is 2.14. The summed E-state index contributed by atoms with van der Waals surface area (Å²) in [6, 6.07) is 5.98. The maximum Gasteiger partial charge on any atom is 0.269 e. The maximum atomic E-state index is 11.7. The summed E-state index contributed by atoms with van der Waals surface area (Å²) in [5.41, 5.74) is 0.0317. The second-order valence-electron chi connectivity index (χ2n) is 4.56. The van der Waals surface area contributed by atoms with E-state index in [1.54, 1.807) is 12.1 Å². The van der Waals surface area contributed by atoms with Crippen LogP contribution in [0.15, 0.2) is 29.2 Å². The van der Waals surface area contributed by atoms with E-state index < -0.39 is 4.92 Å². The third-order valence-corrected chi connectivity index (χ3v) is 3.96. The number of nitrogens with zero attached hydrogens (tertiary/aromatic N) is 1. The summed E-state index contributed by atoms with van der Waals surface area (Å²) in [5.74, 6) is 0.116. The molecule has 1 aromatic rings. The van der Waals surface area contributed by atoms with Crippen LogP contribution in [0.1, 0.15) is 13.8 Å². The van der Waals surface area contributed by atoms with Gasteiger partial charge in [-0.3, -0.25) is 14.9 Å². The molecule has 0 heterocycles. The number of nitro benzene ring substituents is 1. The van der Waals surface area contributed by atoms with Gasteiger partial charge in [0.25, 0.3) is 5.69 Å². The van der Waals surface area contributed by atoms with Crippen LogP contribution in [0, 0.1) is 16.0 Å². The first-order chi connectivity index (χ1) is 9.43. The molecule has 1 aromatic carbocycles. The van der Waals surface area contributed by atoms with E-state index in [9.17, 15) is 14.9 Å². The molecule has 0 aromatic heterocycles. The Morgan fingerprint density at radius 1 is 1.40 bits per heavy atom. The van der Waals surface area contributed by atoms with Crippen LogP contribution in [-0.4, -0.2) is 34.3 Å². The molecule has 20 heavy (non-hydrogen) atoms. The molecule has 1 amide bonds. The number of nitrogens with one attached hydrogen (secondary N) is 1. The van der Waals surface area contributed by atoms with Crippen molar-refractivity contribution in [3.05, 3.63) is 34.4 Å². The summed E-state index contributed by atoms with van der Waals surface area (Å²) < 4.78 is 0. The lowest BCUT2D eigenvalue weighted by atomic mass is 10.1. The molecular formula is C13H18N2O4S. The zero-order valence-corrected chi connectivity index (χ0v) is 12.2. The number of hydrogen-bond acceptors (Lipinski definition) is 5. The molecule has 0 aliphatic heterocycles. The number of aliphatic hydroxyl groups is 1. The number of benzene rings is 1. The highest BCUT2D eigenvalue weighted by molar-refractivity contribution is 8.00. The first-order valence-electron chi connectivity index (χ1n) is 6.21. The van der Waals surface area contributed by atoms with Gasteiger partial charge in [0.1, 0.15) is 0 Å². The van der Waals surface area contributed by atoms with Crippen LogP contribution in [0.4, 0.5) is 5.69 Å². The Kier molecular flexibility index (Phi) is 6.47. The molecule has 1 rings (SSSR count). The lowest BCUT2D eigenvalue weighted by Crippen LogP contribution is -2.39. The summed E-state index contributed by atoms with van der Waals surface area (Å²) in [4.78, 5) is 22.5. The molecule has 7 heteroatoms. The van der Waals surface area contributed by atoms with E-state index in [2.05, 4.69) is 5.32 Å². The smallest absolute Gasteiger partial charge is 0.269 e. The number of non-ortho nitro benzene ring substituents is 1. The van der Waals surface area contributed by atoms with Crippen molar-refractivity contribution in [3.63, 3.8) is 0 Å². The molecule has 0 aliphatic carbocycles. The Morgan fingerprint density at radius 3 is 2.50 bits per heavy atom. The van der Waals surface area contributed by atoms with Crippen molar-refractivity contribution in [2.75, 3.05) is 12.4 Å². The third kappa shape index (κ3) is 5.18. The maximum absolute atomic E-state index is 11.7. The fourth-order valence-electron chi connectivity index (χ4n) is 1.41. The highest BCUT2D eigenvalue weighted by Crippen LogP contribution is 2.21. The lowest BCUT2D eigenvalue weighted by Gasteiger charge is -2.19. The molecule has 2 atom stereocenters. The van der Waals surface area contributed by atoms with Gasteiger partial charge < -0.3 is 10.4 Å². The predicted octanol–water partition coefficient (Wildman–Crippen LogP) is 1.82. The molecule has 0 aliphatic rings. The second kappa shape index (κ2) is 7.86. The van der Waals surface area contributed by atoms with Crippen LogP contribution in [0.3, 0.4) is 0 Å². The van der Waals surface area contributed by atoms with E-state index in [1.807, 2.05) is 13.8 Å². The Labute approximate surface area is 121 Å². The zero-order chi connectivity index (χ0) is 15.1. The summed E-state index contributed by atoms with van der Waals surface area (Å²) in [5, 5.41) is 22.3. The number of carbonyl (C=O) groups excluding carboxylic acids is 1. The van der Waals surface area contributed by atoms with Crippen LogP contribution in [0.25, 0.3) is 0 Å². The lowest BCUT2D eigenvalue weighted by molar-refractivity contribution is -0.384. The monoisotopic (exact) mass is 298 g/mol. The number of amides is 1. The number of carbonyl (C=O) groups is 1. The second-order valence-corrected chi connectivity index (χ2v) is 5.60. The molecule has 2 N–H and O–H groups in total. The molecule has 2 unspecified atom stereocenters. The van der Waals surface area contributed by atoms with Gasteiger partial charge in [0, 0.05) is 29.7 Å². The molecule has 0 fully saturated rings. The van der Waals surface area contributed by atoms with Crippen molar-refractivity contribution >= 4 is 23.4 Å². The quantitative estimate of drug-likeness (QED) is 0.455. The van der Waals surface area contributed by atoms with Crippen molar-refractivity contribution in [2.24, 2.45) is 5.92 Å². The number of rotatable bonds is 7. The van der Waals surface area contributed by atoms with Gasteiger partial charge in [-0.15, -0.1) is 11.8 Å². The molecule has 0 bridgehead atoms. The molecule has 6 nitrogen and oxygen atoms in total. The molecule has 0 spiro atoms. The standard InChI is InChI=1S/C13H18N2O4S/c1-9(7-16)10(2)14-13(17)8-20-12-5-3-11(4-6-12)15(18)19/h3-6,9-10,16H,7-8H2,1-2H3,(H,14,17). The van der Waals surface area contributed by atoms with E-state index in [-0.39, 0.29) is 35.9 Å². The Morgan fingerprint density at radius 2 is 2.00 bits per heavy atom. The largest absolute Gasteiger partial charge is 0.396 e. The minimum absolute atomic E-state index is 0.00308. The first kappa shape index (κ1) is 16.5. The number of hydrogen-bond donors (Lipinski definition) is 2. The molecule has 110 valence electrons. The first-order valence-corrected chi connectivity index (χ1v) is 7.20. The summed E-state index contributed by atoms with van der Waals surface area (Å²) in [6.45, 7) is 3.72. The van der Waals surface area contributed by atoms with Gasteiger partial charge in [-0.05, 0) is 25.0 Å². The Hall–Kier alpha value is -1.60. The van der Waals surface area contributed by atoms with Gasteiger partial charge in [0.05, 0.1) is 10.7 Å². The minimum Gasteiger partial charge on any atom is -0.396 e. The molecule has 0 saturated heterocycles. The Bertz CT molecular complexity index is 464. The predicted molar refractivity (Wildman–Crippen MR) is 77.7 cm³/mol. The fraction of sp³-hybridized carbons (Fsp3) is 0.462. The van der Waals surface area contributed by atoms with Crippen molar-refractivity contribution in [2.45, 2.75) is 24.8 Å². The van der Waals surface area contributed by atoms with Gasteiger partial charge in [0.2, 0.25) is 5.91 Å². The van der Waals surface area contributed by atoms with Gasteiger partial charge in [-0.25, -0.2) is 0 Å². The number of nitro groups is 1. The van der Waals surface area contributed by atoms with E-state index in [1.165, 1.54) is 23.9 Å². The summed E-state index contributed by atoms with van der Waals surface area (Å²) in [7, 11) is 0. The van der Waals surface area contributed by atoms with Crippen LogP contribution in [-0.2, 0) is 4.79 Å². The highest BCUT2D eigenvalue weighted by atomic mass is 32.2. The van der Waals surface area contributed by atoms with E-state index in [4.69, 9.17) is 5.11 Å². The summed E-state index contributed by atoms with van der Waals surface area (Å²) >= 11 is 1.31. The van der Waals surface area contributed by atoms with Crippen LogP contribution < -0.4 is 5.32 Å². The van der Waals surface area contributed by atoms with Crippen molar-refractivity contribution in [3.8, 4) is 0 Å². The minimum atomic E-state index is -0.459. The average Bonchev–Trinajstić information content (AvgIpc) is 2.44. The Balaban J connectivity index is 2.43. The van der Waals surface area contributed by atoms with Crippen molar-refractivity contribution in [1.82, 2.24) is 5.32 Å². The van der Waals surface area contributed by atoms with Gasteiger partial charge >= 0.3 is 0 Å². The van der Waals surface area contributed by atoms with E-state index in [0.717, 1.165) is 4.90 Å². The normalized spacial score (nSPS) is 13.6. The molecule has 0 radical (unpaired) electrons.